The molecule has 0 aliphatic heterocycles. The van der Waals surface area contributed by atoms with Crippen LogP contribution in [-0.4, -0.2) is 11.1 Å². The number of alkyl halides is 2. The van der Waals surface area contributed by atoms with Gasteiger partial charge >= 0.3 is 5.97 Å². The van der Waals surface area contributed by atoms with Crippen molar-refractivity contribution in [2.45, 2.75) is 32.1 Å². The third-order valence-corrected chi connectivity index (χ3v) is 2.33. The lowest BCUT2D eigenvalue weighted by Gasteiger charge is -2.15. The van der Waals surface area contributed by atoms with Gasteiger partial charge in [0.25, 0.3) is 5.92 Å². The highest BCUT2D eigenvalue weighted by atomic mass is 19.3. The van der Waals surface area contributed by atoms with E-state index in [0.29, 0.717) is 18.4 Å². The van der Waals surface area contributed by atoms with Gasteiger partial charge in [-0.2, -0.15) is 0 Å². The van der Waals surface area contributed by atoms with Crippen LogP contribution in [0.1, 0.15) is 30.9 Å². The first-order chi connectivity index (χ1) is 7.41. The summed E-state index contributed by atoms with van der Waals surface area (Å²) in [6.45, 7) is 0.850. The molecule has 0 atom stereocenters. The molecule has 0 heterocycles. The van der Waals surface area contributed by atoms with E-state index < -0.39 is 11.9 Å². The fourth-order valence-electron chi connectivity index (χ4n) is 1.60. The fraction of sp³-hybridized carbons (Fsp3) is 0.417. The monoisotopic (exact) mass is 228 g/mol. The number of aliphatic carboxylic acids is 1. The minimum atomic E-state index is -2.88. The summed E-state index contributed by atoms with van der Waals surface area (Å²) < 4.78 is 26.4. The molecule has 0 radical (unpaired) electrons. The summed E-state index contributed by atoms with van der Waals surface area (Å²) in [5.74, 6) is -3.78. The van der Waals surface area contributed by atoms with Gasteiger partial charge in [0.1, 0.15) is 0 Å². The highest BCUT2D eigenvalue weighted by Gasteiger charge is 2.26. The Bertz CT molecular complexity index is 370. The highest BCUT2D eigenvalue weighted by molar-refractivity contribution is 5.66. The minimum absolute atomic E-state index is 0.00359. The maximum Gasteiger partial charge on any atom is 0.303 e. The largest absolute Gasteiger partial charge is 0.481 e. The summed E-state index contributed by atoms with van der Waals surface area (Å²) in [6.07, 6.45) is 0.748. The maximum atomic E-state index is 13.2. The topological polar surface area (TPSA) is 37.3 Å². The number of carbonyl (C=O) groups is 1. The minimum Gasteiger partial charge on any atom is -0.481 e. The number of halogens is 2. The second-order valence-electron chi connectivity index (χ2n) is 3.79. The van der Waals surface area contributed by atoms with Gasteiger partial charge in [0.05, 0.1) is 0 Å². The Morgan fingerprint density at radius 3 is 2.56 bits per heavy atom. The van der Waals surface area contributed by atoms with Crippen LogP contribution >= 0.6 is 0 Å². The zero-order valence-corrected chi connectivity index (χ0v) is 9.04. The van der Waals surface area contributed by atoms with Crippen molar-refractivity contribution in [1.29, 1.82) is 0 Å². The van der Waals surface area contributed by atoms with Crippen LogP contribution in [-0.2, 0) is 17.1 Å². The van der Waals surface area contributed by atoms with Crippen molar-refractivity contribution < 1.29 is 18.7 Å². The molecular formula is C12H14F2O2. The van der Waals surface area contributed by atoms with E-state index >= 15 is 0 Å². The van der Waals surface area contributed by atoms with E-state index in [-0.39, 0.29) is 12.0 Å². The van der Waals surface area contributed by atoms with E-state index in [1.165, 1.54) is 6.07 Å². The molecular weight excluding hydrogens is 214 g/mol. The summed E-state index contributed by atoms with van der Waals surface area (Å²) in [4.78, 5) is 10.3. The van der Waals surface area contributed by atoms with Crippen LogP contribution in [0.5, 0.6) is 0 Å². The fourth-order valence-corrected chi connectivity index (χ4v) is 1.60. The maximum absolute atomic E-state index is 13.2. The molecule has 0 saturated heterocycles. The van der Waals surface area contributed by atoms with Gasteiger partial charge in [0.2, 0.25) is 0 Å². The zero-order chi connectivity index (χ0) is 12.2. The number of hydrogen-bond donors (Lipinski definition) is 1. The average molecular weight is 228 g/mol. The number of benzene rings is 1. The Morgan fingerprint density at radius 1 is 1.38 bits per heavy atom. The van der Waals surface area contributed by atoms with E-state index in [1.807, 2.05) is 0 Å². The number of hydrogen-bond acceptors (Lipinski definition) is 1. The van der Waals surface area contributed by atoms with Gasteiger partial charge in [0.15, 0.2) is 0 Å². The zero-order valence-electron chi connectivity index (χ0n) is 9.04. The average Bonchev–Trinajstić information content (AvgIpc) is 2.16. The van der Waals surface area contributed by atoms with Crippen molar-refractivity contribution in [2.24, 2.45) is 0 Å². The Morgan fingerprint density at radius 2 is 2.00 bits per heavy atom. The molecule has 88 valence electrons. The smallest absolute Gasteiger partial charge is 0.303 e. The van der Waals surface area contributed by atoms with E-state index in [2.05, 4.69) is 0 Å². The molecule has 2 nitrogen and oxygen atoms in total. The van der Waals surface area contributed by atoms with Gasteiger partial charge in [-0.25, -0.2) is 8.78 Å². The highest BCUT2D eigenvalue weighted by Crippen LogP contribution is 2.30. The van der Waals surface area contributed by atoms with E-state index in [4.69, 9.17) is 5.11 Å². The number of carboxylic acids is 1. The standard InChI is InChI=1S/C12H14F2O2/c1-12(13,14)10-7-3-2-5-9(10)6-4-8-11(15)16/h2-3,5,7H,4,6,8H2,1H3,(H,15,16). The molecule has 1 rings (SSSR count). The van der Waals surface area contributed by atoms with Crippen LogP contribution in [0.25, 0.3) is 0 Å². The molecule has 1 N–H and O–H groups in total. The van der Waals surface area contributed by atoms with Crippen molar-refractivity contribution in [2.75, 3.05) is 0 Å². The molecule has 0 amide bonds. The molecule has 0 aliphatic carbocycles. The summed E-state index contributed by atoms with van der Waals surface area (Å²) >= 11 is 0. The first-order valence-electron chi connectivity index (χ1n) is 5.09. The number of aryl methyl sites for hydroxylation is 1. The Balaban J connectivity index is 2.76. The van der Waals surface area contributed by atoms with Gasteiger partial charge in [-0.05, 0) is 18.4 Å². The van der Waals surface area contributed by atoms with E-state index in [1.54, 1.807) is 18.2 Å². The number of rotatable bonds is 5. The van der Waals surface area contributed by atoms with Crippen LogP contribution in [0.15, 0.2) is 24.3 Å². The third kappa shape index (κ3) is 3.61. The molecule has 0 aliphatic rings. The lowest BCUT2D eigenvalue weighted by molar-refractivity contribution is -0.137. The van der Waals surface area contributed by atoms with Crippen molar-refractivity contribution >= 4 is 5.97 Å². The summed E-state index contributed by atoms with van der Waals surface area (Å²) in [5, 5.41) is 8.47. The predicted molar refractivity (Wildman–Crippen MR) is 56.6 cm³/mol. The molecule has 0 saturated carbocycles. The van der Waals surface area contributed by atoms with Crippen LogP contribution in [0, 0.1) is 0 Å². The van der Waals surface area contributed by atoms with Gasteiger partial charge in [0, 0.05) is 18.9 Å². The number of carboxylic acid groups (broad SMARTS) is 1. The van der Waals surface area contributed by atoms with Crippen molar-refractivity contribution in [3.63, 3.8) is 0 Å². The molecule has 0 unspecified atom stereocenters. The summed E-state index contributed by atoms with van der Waals surface area (Å²) in [5.41, 5.74) is 0.511. The Labute approximate surface area is 92.9 Å². The molecule has 0 fully saturated rings. The van der Waals surface area contributed by atoms with E-state index in [0.717, 1.165) is 6.92 Å². The van der Waals surface area contributed by atoms with Crippen LogP contribution < -0.4 is 0 Å². The molecule has 1 aromatic rings. The molecule has 0 aromatic heterocycles. The van der Waals surface area contributed by atoms with Crippen LogP contribution in [0.3, 0.4) is 0 Å². The van der Waals surface area contributed by atoms with Gasteiger partial charge in [-0.15, -0.1) is 0 Å². The van der Waals surface area contributed by atoms with Crippen molar-refractivity contribution in [3.8, 4) is 0 Å². The molecule has 16 heavy (non-hydrogen) atoms. The summed E-state index contributed by atoms with van der Waals surface area (Å²) in [6, 6.07) is 6.25. The first kappa shape index (κ1) is 12.6. The van der Waals surface area contributed by atoms with Crippen molar-refractivity contribution in [3.05, 3.63) is 35.4 Å². The molecule has 0 bridgehead atoms. The summed E-state index contributed by atoms with van der Waals surface area (Å²) in [7, 11) is 0. The van der Waals surface area contributed by atoms with E-state index in [9.17, 15) is 13.6 Å². The molecule has 4 heteroatoms. The van der Waals surface area contributed by atoms with Crippen LogP contribution in [0.4, 0.5) is 8.78 Å². The lowest BCUT2D eigenvalue weighted by Crippen LogP contribution is -2.11. The SMILES string of the molecule is CC(F)(F)c1ccccc1CCCC(=O)O. The lowest BCUT2D eigenvalue weighted by atomic mass is 9.98. The van der Waals surface area contributed by atoms with Crippen molar-refractivity contribution in [1.82, 2.24) is 0 Å². The quantitative estimate of drug-likeness (QED) is 0.840. The van der Waals surface area contributed by atoms with Gasteiger partial charge in [-0.1, -0.05) is 24.3 Å². The normalized spacial score (nSPS) is 11.4. The first-order valence-corrected chi connectivity index (χ1v) is 5.09. The second-order valence-corrected chi connectivity index (χ2v) is 3.79. The molecule has 1 aromatic carbocycles. The van der Waals surface area contributed by atoms with Gasteiger partial charge < -0.3 is 5.11 Å². The van der Waals surface area contributed by atoms with Crippen LogP contribution in [0.2, 0.25) is 0 Å². The molecule has 0 spiro atoms. The Hall–Kier alpha value is -1.45. The van der Waals surface area contributed by atoms with Gasteiger partial charge in [-0.3, -0.25) is 4.79 Å². The predicted octanol–water partition coefficient (Wildman–Crippen LogP) is 3.21. The third-order valence-electron chi connectivity index (χ3n) is 2.33. The Kier molecular flexibility index (Phi) is 3.99. The second kappa shape index (κ2) is 5.05.